The number of aliphatic hydroxyl groups is 1. The van der Waals surface area contributed by atoms with E-state index in [0.717, 1.165) is 65.0 Å². The molecule has 4 aromatic rings. The Labute approximate surface area is 259 Å². The molecular weight excluding hydrogens is 557 g/mol. The molecule has 1 amide bonds. The first-order valence-electron chi connectivity index (χ1n) is 15.6. The molecule has 4 N–H and O–H groups in total. The Morgan fingerprint density at radius 1 is 1.18 bits per heavy atom. The molecule has 0 bridgehead atoms. The predicted octanol–water partition coefficient (Wildman–Crippen LogP) is 5.26. The molecule has 0 radical (unpaired) electrons. The van der Waals surface area contributed by atoms with Gasteiger partial charge in [0.25, 0.3) is 0 Å². The van der Waals surface area contributed by atoms with E-state index in [9.17, 15) is 4.79 Å². The fourth-order valence-corrected chi connectivity index (χ4v) is 6.52. The lowest BCUT2D eigenvalue weighted by Crippen LogP contribution is -2.42. The van der Waals surface area contributed by atoms with E-state index in [-0.39, 0.29) is 36.7 Å². The highest BCUT2D eigenvalue weighted by molar-refractivity contribution is 5.86. The fraction of sp³-hybridized carbons (Fsp3) is 0.429. The number of aromatic nitrogens is 2. The summed E-state index contributed by atoms with van der Waals surface area (Å²) in [6.45, 7) is 5.21. The van der Waals surface area contributed by atoms with Crippen LogP contribution in [0.25, 0.3) is 22.0 Å². The molecule has 2 aromatic carbocycles. The number of amides is 1. The molecule has 0 spiro atoms. The van der Waals surface area contributed by atoms with Gasteiger partial charge in [0.2, 0.25) is 5.91 Å². The van der Waals surface area contributed by atoms with Crippen molar-refractivity contribution in [1.29, 1.82) is 0 Å². The number of anilines is 1. The van der Waals surface area contributed by atoms with Gasteiger partial charge in [0.05, 0.1) is 12.1 Å². The van der Waals surface area contributed by atoms with Crippen molar-refractivity contribution in [2.75, 3.05) is 45.3 Å². The molecule has 234 valence electrons. The molecule has 5 rings (SSSR count). The molecule has 1 fully saturated rings. The summed E-state index contributed by atoms with van der Waals surface area (Å²) in [4.78, 5) is 19.8. The number of nitrogens with two attached hydrogens (primary N) is 1. The van der Waals surface area contributed by atoms with E-state index in [4.69, 9.17) is 15.6 Å². The van der Waals surface area contributed by atoms with Crippen molar-refractivity contribution in [2.45, 2.75) is 57.5 Å². The number of methoxy groups -OCH3 is 1. The van der Waals surface area contributed by atoms with Gasteiger partial charge in [-0.05, 0) is 67.5 Å². The number of aryl methyl sites for hydroxylation is 2. The third kappa shape index (κ3) is 7.29. The van der Waals surface area contributed by atoms with Crippen LogP contribution in [0.4, 0.5) is 10.2 Å². The Hall–Kier alpha value is -3.79. The van der Waals surface area contributed by atoms with Crippen LogP contribution in [0, 0.1) is 12.7 Å². The summed E-state index contributed by atoms with van der Waals surface area (Å²) in [5, 5.41) is 13.0. The summed E-state index contributed by atoms with van der Waals surface area (Å²) in [6.07, 6.45) is 5.36. The second-order valence-electron chi connectivity index (χ2n) is 11.8. The molecule has 0 saturated carbocycles. The Morgan fingerprint density at radius 2 is 1.98 bits per heavy atom. The van der Waals surface area contributed by atoms with Gasteiger partial charge in [0.15, 0.2) is 0 Å². The largest absolute Gasteiger partial charge is 0.395 e. The number of pyridine rings is 1. The number of para-hydroxylation sites is 1. The molecule has 2 atom stereocenters. The minimum atomic E-state index is -0.288. The number of halogens is 1. The van der Waals surface area contributed by atoms with Crippen molar-refractivity contribution in [1.82, 2.24) is 14.5 Å². The van der Waals surface area contributed by atoms with E-state index < -0.39 is 0 Å². The third-order valence-corrected chi connectivity index (χ3v) is 8.63. The van der Waals surface area contributed by atoms with Crippen molar-refractivity contribution in [3.8, 4) is 11.1 Å². The first-order chi connectivity index (χ1) is 21.4. The van der Waals surface area contributed by atoms with E-state index in [1.807, 2.05) is 41.4 Å². The average Bonchev–Trinajstić information content (AvgIpc) is 3.33. The SMILES string of the molecule is COCCCn1c([C@H]2CCCN(C(=O)C[C@H](N)Cc3ccc(-c4ccc(NCCO)nc4)cc3)C2)c(C)c2cccc(F)c21. The van der Waals surface area contributed by atoms with Crippen molar-refractivity contribution in [2.24, 2.45) is 5.73 Å². The lowest BCUT2D eigenvalue weighted by molar-refractivity contribution is -0.132. The van der Waals surface area contributed by atoms with Crippen LogP contribution >= 0.6 is 0 Å². The van der Waals surface area contributed by atoms with Crippen LogP contribution in [0.1, 0.15) is 48.4 Å². The molecule has 1 aliphatic heterocycles. The number of hydrogen-bond acceptors (Lipinski definition) is 6. The maximum atomic E-state index is 15.1. The quantitative estimate of drug-likeness (QED) is 0.181. The lowest BCUT2D eigenvalue weighted by Gasteiger charge is -2.34. The van der Waals surface area contributed by atoms with Gasteiger partial charge in [0, 0.05) is 81.1 Å². The van der Waals surface area contributed by atoms with E-state index in [2.05, 4.69) is 33.9 Å². The van der Waals surface area contributed by atoms with Crippen molar-refractivity contribution < 1.29 is 19.0 Å². The van der Waals surface area contributed by atoms with Gasteiger partial charge in [-0.15, -0.1) is 0 Å². The Kier molecular flexibility index (Phi) is 10.6. The van der Waals surface area contributed by atoms with Crippen LogP contribution in [0.3, 0.4) is 0 Å². The molecule has 0 unspecified atom stereocenters. The highest BCUT2D eigenvalue weighted by Crippen LogP contribution is 2.37. The molecule has 2 aromatic heterocycles. The minimum absolute atomic E-state index is 0.0567. The Morgan fingerprint density at radius 3 is 2.70 bits per heavy atom. The van der Waals surface area contributed by atoms with Gasteiger partial charge in [-0.1, -0.05) is 36.4 Å². The zero-order chi connectivity index (χ0) is 31.1. The van der Waals surface area contributed by atoms with Gasteiger partial charge in [-0.25, -0.2) is 9.37 Å². The Balaban J connectivity index is 1.22. The molecule has 1 aliphatic rings. The number of benzene rings is 2. The van der Waals surface area contributed by atoms with E-state index >= 15 is 4.39 Å². The van der Waals surface area contributed by atoms with Crippen molar-refractivity contribution in [3.05, 3.63) is 83.4 Å². The van der Waals surface area contributed by atoms with Crippen LogP contribution in [0.15, 0.2) is 60.8 Å². The summed E-state index contributed by atoms with van der Waals surface area (Å²) in [7, 11) is 1.68. The van der Waals surface area contributed by atoms with Gasteiger partial charge in [-0.2, -0.15) is 0 Å². The molecule has 3 heterocycles. The number of likely N-dealkylation sites (tertiary alicyclic amines) is 1. The van der Waals surface area contributed by atoms with Crippen LogP contribution in [0.5, 0.6) is 0 Å². The van der Waals surface area contributed by atoms with Gasteiger partial charge in [0.1, 0.15) is 11.6 Å². The van der Waals surface area contributed by atoms with E-state index in [1.54, 1.807) is 13.2 Å². The van der Waals surface area contributed by atoms with Crippen LogP contribution < -0.4 is 11.1 Å². The van der Waals surface area contributed by atoms with Gasteiger partial charge < -0.3 is 30.4 Å². The van der Waals surface area contributed by atoms with E-state index in [0.29, 0.717) is 38.2 Å². The average molecular weight is 602 g/mol. The second-order valence-corrected chi connectivity index (χ2v) is 11.8. The summed E-state index contributed by atoms with van der Waals surface area (Å²) in [5.74, 6) is 0.729. The zero-order valence-electron chi connectivity index (χ0n) is 25.8. The predicted molar refractivity (Wildman–Crippen MR) is 173 cm³/mol. The minimum Gasteiger partial charge on any atom is -0.395 e. The monoisotopic (exact) mass is 601 g/mol. The number of carbonyl (C=O) groups excluding carboxylic acids is 1. The van der Waals surface area contributed by atoms with Crippen molar-refractivity contribution >= 4 is 22.6 Å². The fourth-order valence-electron chi connectivity index (χ4n) is 6.52. The van der Waals surface area contributed by atoms with Crippen LogP contribution in [0.2, 0.25) is 0 Å². The Bertz CT molecular complexity index is 1540. The highest BCUT2D eigenvalue weighted by Gasteiger charge is 2.30. The second kappa shape index (κ2) is 14.8. The summed E-state index contributed by atoms with van der Waals surface area (Å²) in [6, 6.07) is 17.1. The number of nitrogens with one attached hydrogen (secondary N) is 1. The normalized spacial score (nSPS) is 15.9. The lowest BCUT2D eigenvalue weighted by atomic mass is 9.91. The number of hydrogen-bond donors (Lipinski definition) is 3. The number of aliphatic hydroxyl groups excluding tert-OH is 1. The van der Waals surface area contributed by atoms with E-state index in [1.165, 1.54) is 6.07 Å². The molecule has 8 nitrogen and oxygen atoms in total. The highest BCUT2D eigenvalue weighted by atomic mass is 19.1. The number of carbonyl (C=O) groups is 1. The summed E-state index contributed by atoms with van der Waals surface area (Å²) >= 11 is 0. The number of fused-ring (bicyclic) bond motifs is 1. The van der Waals surface area contributed by atoms with Crippen molar-refractivity contribution in [3.63, 3.8) is 0 Å². The molecule has 44 heavy (non-hydrogen) atoms. The maximum absolute atomic E-state index is 15.1. The standard InChI is InChI=1S/C35H44FN5O3/c1-24-30-7-3-8-31(36)35(30)41(17-5-19-44-2)34(24)28-6-4-16-40(23-28)33(43)21-29(37)20-25-9-11-26(12-10-25)27-13-14-32(39-22-27)38-15-18-42/h3,7-14,22,28-29,42H,4-6,15-21,23,37H2,1-2H3,(H,38,39)/t28-,29+/m0/s1. The summed E-state index contributed by atoms with van der Waals surface area (Å²) < 4.78 is 22.5. The number of nitrogens with zero attached hydrogens (tertiary/aromatic N) is 3. The number of piperidine rings is 1. The van der Waals surface area contributed by atoms with Gasteiger partial charge >= 0.3 is 0 Å². The topological polar surface area (TPSA) is 106 Å². The molecular formula is C35H44FN5O3. The number of ether oxygens (including phenoxy) is 1. The van der Waals surface area contributed by atoms with Crippen LogP contribution in [-0.2, 0) is 22.5 Å². The third-order valence-electron chi connectivity index (χ3n) is 8.63. The zero-order valence-corrected chi connectivity index (χ0v) is 25.8. The van der Waals surface area contributed by atoms with Crippen LogP contribution in [-0.4, -0.2) is 71.5 Å². The summed E-state index contributed by atoms with van der Waals surface area (Å²) in [5.41, 5.74) is 12.5. The number of rotatable bonds is 13. The molecule has 0 aliphatic carbocycles. The first-order valence-corrected chi connectivity index (χ1v) is 15.6. The first kappa shape index (κ1) is 31.6. The smallest absolute Gasteiger partial charge is 0.224 e. The van der Waals surface area contributed by atoms with Gasteiger partial charge in [-0.3, -0.25) is 4.79 Å². The molecule has 1 saturated heterocycles. The maximum Gasteiger partial charge on any atom is 0.224 e. The molecule has 9 heteroatoms.